The highest BCUT2D eigenvalue weighted by molar-refractivity contribution is 5.69. The van der Waals surface area contributed by atoms with Crippen LogP contribution in [-0.2, 0) is 9.53 Å². The molecule has 8 heteroatoms. The standard InChI is InChI=1S/C6H6F6O2/c1-14-4(13)2-3(5(7,8)9)6(10,11)12/h3H,2H2,1H3. The molecule has 0 aliphatic rings. The molecule has 0 N–H and O–H groups in total. The normalized spacial score (nSPS) is 13.1. The highest BCUT2D eigenvalue weighted by atomic mass is 19.4. The Morgan fingerprint density at radius 3 is 1.71 bits per heavy atom. The van der Waals surface area contributed by atoms with E-state index in [1.54, 1.807) is 0 Å². The van der Waals surface area contributed by atoms with Gasteiger partial charge in [-0.25, -0.2) is 0 Å². The molecule has 84 valence electrons. The van der Waals surface area contributed by atoms with Crippen LogP contribution in [0.5, 0.6) is 0 Å². The van der Waals surface area contributed by atoms with E-state index in [1.165, 1.54) is 0 Å². The molecule has 0 unspecified atom stereocenters. The van der Waals surface area contributed by atoms with Crippen molar-refractivity contribution >= 4 is 5.97 Å². The summed E-state index contributed by atoms with van der Waals surface area (Å²) in [4.78, 5) is 10.3. The van der Waals surface area contributed by atoms with Gasteiger partial charge in [0.15, 0.2) is 5.92 Å². The van der Waals surface area contributed by atoms with Crippen LogP contribution in [0.2, 0.25) is 0 Å². The van der Waals surface area contributed by atoms with Crippen LogP contribution in [0, 0.1) is 5.92 Å². The number of carbonyl (C=O) groups excluding carboxylic acids is 1. The average molecular weight is 224 g/mol. The smallest absolute Gasteiger partial charge is 0.401 e. The van der Waals surface area contributed by atoms with E-state index in [9.17, 15) is 31.1 Å². The second kappa shape index (κ2) is 4.05. The zero-order chi connectivity index (χ0) is 11.6. The number of halogens is 6. The molecule has 0 aliphatic carbocycles. The molecular weight excluding hydrogens is 218 g/mol. The van der Waals surface area contributed by atoms with Crippen LogP contribution in [0.3, 0.4) is 0 Å². The Hall–Kier alpha value is -0.950. The second-order valence-corrected chi connectivity index (χ2v) is 2.42. The summed E-state index contributed by atoms with van der Waals surface area (Å²) >= 11 is 0. The molecule has 0 rings (SSSR count). The minimum Gasteiger partial charge on any atom is -0.469 e. The van der Waals surface area contributed by atoms with Gasteiger partial charge in [-0.2, -0.15) is 26.3 Å². The molecule has 0 amide bonds. The molecule has 0 aliphatic heterocycles. The van der Waals surface area contributed by atoms with Crippen molar-refractivity contribution in [2.45, 2.75) is 18.8 Å². The third kappa shape index (κ3) is 3.84. The molecule has 2 nitrogen and oxygen atoms in total. The van der Waals surface area contributed by atoms with Gasteiger partial charge in [-0.15, -0.1) is 0 Å². The van der Waals surface area contributed by atoms with Gasteiger partial charge in [-0.05, 0) is 0 Å². The molecule has 0 aromatic rings. The van der Waals surface area contributed by atoms with Crippen molar-refractivity contribution in [3.63, 3.8) is 0 Å². The minimum absolute atomic E-state index is 0.714. The lowest BCUT2D eigenvalue weighted by Gasteiger charge is -2.21. The van der Waals surface area contributed by atoms with Gasteiger partial charge in [-0.3, -0.25) is 4.79 Å². The highest BCUT2D eigenvalue weighted by Crippen LogP contribution is 2.41. The quantitative estimate of drug-likeness (QED) is 0.531. The SMILES string of the molecule is COC(=O)CC(C(F)(F)F)C(F)(F)F. The largest absolute Gasteiger partial charge is 0.469 e. The molecule has 0 atom stereocenters. The van der Waals surface area contributed by atoms with Crippen molar-refractivity contribution in [1.82, 2.24) is 0 Å². The number of hydrogen-bond donors (Lipinski definition) is 0. The Morgan fingerprint density at radius 2 is 1.50 bits per heavy atom. The Balaban J connectivity index is 4.68. The molecule has 0 heterocycles. The van der Waals surface area contributed by atoms with Gasteiger partial charge in [0.25, 0.3) is 0 Å². The topological polar surface area (TPSA) is 26.3 Å². The number of hydrogen-bond acceptors (Lipinski definition) is 2. The summed E-state index contributed by atoms with van der Waals surface area (Å²) in [6.45, 7) is 0. The third-order valence-electron chi connectivity index (χ3n) is 1.39. The van der Waals surface area contributed by atoms with Crippen molar-refractivity contribution in [2.24, 2.45) is 5.92 Å². The Kier molecular flexibility index (Phi) is 3.78. The van der Waals surface area contributed by atoms with Gasteiger partial charge >= 0.3 is 18.3 Å². The van der Waals surface area contributed by atoms with Crippen molar-refractivity contribution in [2.75, 3.05) is 7.11 Å². The van der Waals surface area contributed by atoms with Gasteiger partial charge in [-0.1, -0.05) is 0 Å². The maximum absolute atomic E-state index is 11.8. The molecule has 0 radical (unpaired) electrons. The van der Waals surface area contributed by atoms with E-state index in [2.05, 4.69) is 4.74 Å². The Morgan fingerprint density at radius 1 is 1.14 bits per heavy atom. The van der Waals surface area contributed by atoms with E-state index in [1.807, 2.05) is 0 Å². The first-order valence-electron chi connectivity index (χ1n) is 3.29. The average Bonchev–Trinajstić information content (AvgIpc) is 1.95. The first-order chi connectivity index (χ1) is 6.09. The fourth-order valence-corrected chi connectivity index (χ4v) is 0.667. The fraction of sp³-hybridized carbons (Fsp3) is 0.833. The number of esters is 1. The summed E-state index contributed by atoms with van der Waals surface area (Å²) in [5.41, 5.74) is 0. The number of ether oxygens (including phenoxy) is 1. The van der Waals surface area contributed by atoms with Crippen LogP contribution in [0.1, 0.15) is 6.42 Å². The number of rotatable bonds is 2. The maximum atomic E-state index is 11.8. The predicted octanol–water partition coefficient (Wildman–Crippen LogP) is 2.29. The molecule has 0 saturated carbocycles. The first kappa shape index (κ1) is 13.0. The molecule has 0 spiro atoms. The molecule has 0 aromatic carbocycles. The number of carbonyl (C=O) groups is 1. The fourth-order valence-electron chi connectivity index (χ4n) is 0.667. The molecule has 0 aromatic heterocycles. The summed E-state index contributed by atoms with van der Waals surface area (Å²) in [6.07, 6.45) is -12.7. The predicted molar refractivity (Wildman–Crippen MR) is 32.2 cm³/mol. The summed E-state index contributed by atoms with van der Waals surface area (Å²) in [7, 11) is 0.714. The zero-order valence-electron chi connectivity index (χ0n) is 6.87. The molecular formula is C6H6F6O2. The lowest BCUT2D eigenvalue weighted by molar-refractivity contribution is -0.285. The van der Waals surface area contributed by atoms with Gasteiger partial charge in [0.05, 0.1) is 13.5 Å². The van der Waals surface area contributed by atoms with Crippen LogP contribution < -0.4 is 0 Å². The number of methoxy groups -OCH3 is 1. The van der Waals surface area contributed by atoms with Crippen molar-refractivity contribution in [1.29, 1.82) is 0 Å². The Bertz CT molecular complexity index is 191. The van der Waals surface area contributed by atoms with Gasteiger partial charge < -0.3 is 4.74 Å². The van der Waals surface area contributed by atoms with Gasteiger partial charge in [0, 0.05) is 0 Å². The van der Waals surface area contributed by atoms with Crippen LogP contribution in [0.15, 0.2) is 0 Å². The summed E-state index contributed by atoms with van der Waals surface area (Å²) < 4.78 is 74.4. The third-order valence-corrected chi connectivity index (χ3v) is 1.39. The monoisotopic (exact) mass is 224 g/mol. The van der Waals surface area contributed by atoms with Gasteiger partial charge in [0.1, 0.15) is 0 Å². The summed E-state index contributed by atoms with van der Waals surface area (Å²) in [6, 6.07) is 0. The van der Waals surface area contributed by atoms with Crippen LogP contribution in [0.4, 0.5) is 26.3 Å². The molecule has 14 heavy (non-hydrogen) atoms. The van der Waals surface area contributed by atoms with Crippen molar-refractivity contribution in [3.8, 4) is 0 Å². The second-order valence-electron chi connectivity index (χ2n) is 2.42. The zero-order valence-corrected chi connectivity index (χ0v) is 6.87. The highest BCUT2D eigenvalue weighted by Gasteiger charge is 2.57. The number of alkyl halides is 6. The summed E-state index contributed by atoms with van der Waals surface area (Å²) in [5, 5.41) is 0. The molecule has 0 bridgehead atoms. The van der Waals surface area contributed by atoms with E-state index in [0.717, 1.165) is 0 Å². The van der Waals surface area contributed by atoms with Crippen molar-refractivity contribution < 1.29 is 35.9 Å². The summed E-state index contributed by atoms with van der Waals surface area (Å²) in [5.74, 6) is -5.22. The lowest BCUT2D eigenvalue weighted by atomic mass is 10.1. The minimum atomic E-state index is -5.49. The van der Waals surface area contributed by atoms with E-state index >= 15 is 0 Å². The van der Waals surface area contributed by atoms with Crippen LogP contribution >= 0.6 is 0 Å². The maximum Gasteiger partial charge on any atom is 0.401 e. The molecule has 0 saturated heterocycles. The van der Waals surface area contributed by atoms with E-state index in [4.69, 9.17) is 0 Å². The van der Waals surface area contributed by atoms with E-state index in [-0.39, 0.29) is 0 Å². The van der Waals surface area contributed by atoms with Crippen LogP contribution in [-0.4, -0.2) is 25.4 Å². The van der Waals surface area contributed by atoms with Crippen molar-refractivity contribution in [3.05, 3.63) is 0 Å². The molecule has 0 fully saturated rings. The van der Waals surface area contributed by atoms with Gasteiger partial charge in [0.2, 0.25) is 0 Å². The lowest BCUT2D eigenvalue weighted by Crippen LogP contribution is -2.38. The van der Waals surface area contributed by atoms with E-state index < -0.39 is 30.7 Å². The Labute approximate surface area is 74.8 Å². The van der Waals surface area contributed by atoms with E-state index in [0.29, 0.717) is 7.11 Å². The van der Waals surface area contributed by atoms with Crippen LogP contribution in [0.25, 0.3) is 0 Å². The first-order valence-corrected chi connectivity index (χ1v) is 3.29.